The average Bonchev–Trinajstić information content (AvgIpc) is 3.12. The van der Waals surface area contributed by atoms with E-state index in [2.05, 4.69) is 15.6 Å². The number of esters is 1. The summed E-state index contributed by atoms with van der Waals surface area (Å²) in [4.78, 5) is 41.3. The lowest BCUT2D eigenvalue weighted by Crippen LogP contribution is -2.52. The van der Waals surface area contributed by atoms with E-state index in [9.17, 15) is 14.4 Å². The largest absolute Gasteiger partial charge is 0.434 e. The summed E-state index contributed by atoms with van der Waals surface area (Å²) in [5.41, 5.74) is 0.958. The van der Waals surface area contributed by atoms with Crippen molar-refractivity contribution < 1.29 is 23.9 Å². The molecule has 1 saturated heterocycles. The van der Waals surface area contributed by atoms with E-state index in [1.165, 1.54) is 6.92 Å². The highest BCUT2D eigenvalue weighted by molar-refractivity contribution is 5.97. The molecule has 160 valence electrons. The molecule has 8 nitrogen and oxygen atoms in total. The molecule has 1 aromatic carbocycles. The molecule has 0 bridgehead atoms. The number of ether oxygens (including phenoxy) is 2. The predicted molar refractivity (Wildman–Crippen MR) is 111 cm³/mol. The van der Waals surface area contributed by atoms with Crippen LogP contribution in [0.25, 0.3) is 10.9 Å². The van der Waals surface area contributed by atoms with Crippen molar-refractivity contribution in [3.05, 3.63) is 42.1 Å². The number of fused-ring (bicyclic) bond motifs is 1. The average molecular weight is 413 g/mol. The van der Waals surface area contributed by atoms with E-state index in [1.54, 1.807) is 6.07 Å². The van der Waals surface area contributed by atoms with Crippen molar-refractivity contribution in [2.24, 2.45) is 5.92 Å². The van der Waals surface area contributed by atoms with E-state index in [4.69, 9.17) is 9.47 Å². The van der Waals surface area contributed by atoms with Gasteiger partial charge in [0.1, 0.15) is 11.7 Å². The summed E-state index contributed by atoms with van der Waals surface area (Å²) < 4.78 is 10.5. The number of nitrogens with zero attached hydrogens (tertiary/aromatic N) is 1. The molecule has 1 aliphatic rings. The van der Waals surface area contributed by atoms with Crippen molar-refractivity contribution >= 4 is 28.7 Å². The van der Waals surface area contributed by atoms with Crippen molar-refractivity contribution in [2.75, 3.05) is 6.61 Å². The van der Waals surface area contributed by atoms with Gasteiger partial charge in [-0.1, -0.05) is 38.1 Å². The van der Waals surface area contributed by atoms with Gasteiger partial charge in [0.25, 0.3) is 5.91 Å². The van der Waals surface area contributed by atoms with Crippen molar-refractivity contribution in [1.29, 1.82) is 0 Å². The van der Waals surface area contributed by atoms with E-state index >= 15 is 0 Å². The smallest absolute Gasteiger partial charge is 0.305 e. The highest BCUT2D eigenvalue weighted by Crippen LogP contribution is 2.17. The highest BCUT2D eigenvalue weighted by atomic mass is 16.7. The minimum atomic E-state index is -0.816. The molecule has 3 atom stereocenters. The zero-order valence-corrected chi connectivity index (χ0v) is 17.4. The Morgan fingerprint density at radius 2 is 1.97 bits per heavy atom. The Balaban J connectivity index is 1.70. The second kappa shape index (κ2) is 9.67. The maximum atomic E-state index is 12.9. The number of carbonyl (C=O) groups excluding carboxylic acids is 3. The Morgan fingerprint density at radius 1 is 1.20 bits per heavy atom. The maximum Gasteiger partial charge on any atom is 0.305 e. The number of pyridine rings is 1. The predicted octanol–water partition coefficient (Wildman–Crippen LogP) is 2.17. The fourth-order valence-electron chi connectivity index (χ4n) is 3.39. The van der Waals surface area contributed by atoms with Crippen molar-refractivity contribution in [1.82, 2.24) is 15.6 Å². The number of hydrogen-bond acceptors (Lipinski definition) is 6. The Morgan fingerprint density at radius 3 is 2.70 bits per heavy atom. The lowest BCUT2D eigenvalue weighted by molar-refractivity contribution is -0.170. The molecule has 1 fully saturated rings. The lowest BCUT2D eigenvalue weighted by Gasteiger charge is -2.24. The topological polar surface area (TPSA) is 107 Å². The second-order valence-electron chi connectivity index (χ2n) is 7.80. The zero-order valence-electron chi connectivity index (χ0n) is 17.4. The van der Waals surface area contributed by atoms with Crippen LogP contribution in [0.2, 0.25) is 0 Å². The molecule has 2 N–H and O–H groups in total. The molecule has 0 spiro atoms. The van der Waals surface area contributed by atoms with Crippen LogP contribution in [0.3, 0.4) is 0 Å². The van der Waals surface area contributed by atoms with E-state index in [1.807, 2.05) is 44.2 Å². The minimum Gasteiger partial charge on any atom is -0.434 e. The van der Waals surface area contributed by atoms with Gasteiger partial charge in [0, 0.05) is 12.3 Å². The van der Waals surface area contributed by atoms with Gasteiger partial charge in [0.2, 0.25) is 12.2 Å². The van der Waals surface area contributed by atoms with Crippen LogP contribution in [0.5, 0.6) is 0 Å². The van der Waals surface area contributed by atoms with Gasteiger partial charge in [0.05, 0.1) is 18.2 Å². The van der Waals surface area contributed by atoms with Gasteiger partial charge in [0.15, 0.2) is 0 Å². The number of carbonyl (C=O) groups is 3. The van der Waals surface area contributed by atoms with E-state index in [0.29, 0.717) is 25.0 Å². The van der Waals surface area contributed by atoms with Crippen LogP contribution >= 0.6 is 0 Å². The van der Waals surface area contributed by atoms with Gasteiger partial charge in [-0.3, -0.25) is 14.4 Å². The standard InChI is InChI=1S/C22H27N3O5/c1-13(2)12-19(21(28)24-18-10-11-29-22(18)30-14(3)26)25-20(27)17-9-8-15-6-4-5-7-16(15)23-17/h4-9,13,18-19,22H,10-12H2,1-3H3,(H,24,28)(H,25,27)/t18-,19-,22-/m0/s1. The number of hydrogen-bond donors (Lipinski definition) is 2. The first kappa shape index (κ1) is 21.7. The monoisotopic (exact) mass is 413 g/mol. The molecular formula is C22H27N3O5. The van der Waals surface area contributed by atoms with Crippen molar-refractivity contribution in [3.8, 4) is 0 Å². The third-order valence-electron chi connectivity index (χ3n) is 4.81. The van der Waals surface area contributed by atoms with Crippen LogP contribution in [0.1, 0.15) is 44.1 Å². The number of amides is 2. The molecule has 0 radical (unpaired) electrons. The van der Waals surface area contributed by atoms with Gasteiger partial charge in [-0.15, -0.1) is 0 Å². The summed E-state index contributed by atoms with van der Waals surface area (Å²) in [5, 5.41) is 6.58. The molecule has 3 rings (SSSR count). The molecule has 0 saturated carbocycles. The molecule has 2 aromatic rings. The maximum absolute atomic E-state index is 12.9. The number of aromatic nitrogens is 1. The van der Waals surface area contributed by atoms with Crippen LogP contribution in [0.4, 0.5) is 0 Å². The first-order valence-corrected chi connectivity index (χ1v) is 10.1. The first-order valence-electron chi connectivity index (χ1n) is 10.1. The van der Waals surface area contributed by atoms with Gasteiger partial charge in [-0.05, 0) is 30.9 Å². The summed E-state index contributed by atoms with van der Waals surface area (Å²) in [6.07, 6.45) is 0.166. The molecule has 0 aliphatic carbocycles. The molecule has 2 amide bonds. The second-order valence-corrected chi connectivity index (χ2v) is 7.80. The quantitative estimate of drug-likeness (QED) is 0.674. The van der Waals surface area contributed by atoms with Crippen molar-refractivity contribution in [3.63, 3.8) is 0 Å². The fraction of sp³-hybridized carbons (Fsp3) is 0.455. The number of para-hydroxylation sites is 1. The van der Waals surface area contributed by atoms with E-state index in [0.717, 1.165) is 5.39 Å². The molecule has 2 heterocycles. The Bertz CT molecular complexity index is 930. The molecule has 1 aromatic heterocycles. The van der Waals surface area contributed by atoms with Gasteiger partial charge < -0.3 is 20.1 Å². The summed E-state index contributed by atoms with van der Waals surface area (Å²) >= 11 is 0. The van der Waals surface area contributed by atoms with Gasteiger partial charge in [-0.2, -0.15) is 0 Å². The first-order chi connectivity index (χ1) is 14.3. The van der Waals surface area contributed by atoms with E-state index < -0.39 is 30.3 Å². The third kappa shape index (κ3) is 5.54. The van der Waals surface area contributed by atoms with Gasteiger partial charge >= 0.3 is 5.97 Å². The summed E-state index contributed by atoms with van der Waals surface area (Å²) in [6.45, 7) is 5.62. The Hall–Kier alpha value is -3.00. The van der Waals surface area contributed by atoms with Crippen LogP contribution < -0.4 is 10.6 Å². The van der Waals surface area contributed by atoms with Gasteiger partial charge in [-0.25, -0.2) is 4.98 Å². The summed E-state index contributed by atoms with van der Waals surface area (Å²) in [6, 6.07) is 9.79. The normalized spacial score (nSPS) is 19.5. The van der Waals surface area contributed by atoms with Crippen LogP contribution in [0, 0.1) is 5.92 Å². The Kier molecular flexibility index (Phi) is 6.99. The molecule has 8 heteroatoms. The van der Waals surface area contributed by atoms with Crippen LogP contribution in [0.15, 0.2) is 36.4 Å². The third-order valence-corrected chi connectivity index (χ3v) is 4.81. The zero-order chi connectivity index (χ0) is 21.7. The number of benzene rings is 1. The molecular weight excluding hydrogens is 386 g/mol. The van der Waals surface area contributed by atoms with Crippen molar-refractivity contribution in [2.45, 2.75) is 52.0 Å². The SMILES string of the molecule is CC(=O)O[C@@H]1OCC[C@@H]1NC(=O)[C@H](CC(C)C)NC(=O)c1ccc2ccccc2n1. The molecule has 0 unspecified atom stereocenters. The minimum absolute atomic E-state index is 0.176. The molecule has 1 aliphatic heterocycles. The molecule has 30 heavy (non-hydrogen) atoms. The summed E-state index contributed by atoms with van der Waals surface area (Å²) in [5.74, 6) is -1.06. The van der Waals surface area contributed by atoms with Crippen LogP contribution in [-0.2, 0) is 19.1 Å². The number of rotatable bonds is 7. The Labute approximate surface area is 175 Å². The van der Waals surface area contributed by atoms with Crippen LogP contribution in [-0.4, -0.2) is 47.7 Å². The number of nitrogens with one attached hydrogen (secondary N) is 2. The van der Waals surface area contributed by atoms with E-state index in [-0.39, 0.29) is 17.5 Å². The summed E-state index contributed by atoms with van der Waals surface area (Å²) in [7, 11) is 0. The fourth-order valence-corrected chi connectivity index (χ4v) is 3.39. The lowest BCUT2D eigenvalue weighted by atomic mass is 10.0. The highest BCUT2D eigenvalue weighted by Gasteiger charge is 2.34.